The highest BCUT2D eigenvalue weighted by atomic mass is 35.5. The van der Waals surface area contributed by atoms with Gasteiger partial charge in [0.15, 0.2) is 0 Å². The lowest BCUT2D eigenvalue weighted by molar-refractivity contribution is 0.570. The standard InChI is InChI=1S/C8H18ClNO2S2/c1-3-13-7-8(2)10-14(11,12)6-4-5-9/h8,10H,3-7H2,1-2H3. The van der Waals surface area contributed by atoms with Crippen LogP contribution in [-0.4, -0.2) is 37.6 Å². The molecular weight excluding hydrogens is 242 g/mol. The maximum absolute atomic E-state index is 11.4. The van der Waals surface area contributed by atoms with Crippen molar-refractivity contribution in [2.75, 3.05) is 23.1 Å². The van der Waals surface area contributed by atoms with E-state index in [1.54, 1.807) is 11.8 Å². The molecule has 0 fully saturated rings. The third-order valence-electron chi connectivity index (χ3n) is 1.50. The number of nitrogens with one attached hydrogen (secondary N) is 1. The van der Waals surface area contributed by atoms with Gasteiger partial charge in [0.05, 0.1) is 5.75 Å². The van der Waals surface area contributed by atoms with Gasteiger partial charge in [0.2, 0.25) is 10.0 Å². The summed E-state index contributed by atoms with van der Waals surface area (Å²) in [7, 11) is -3.12. The van der Waals surface area contributed by atoms with Crippen LogP contribution in [0.3, 0.4) is 0 Å². The number of sulfonamides is 1. The van der Waals surface area contributed by atoms with Crippen molar-refractivity contribution in [2.24, 2.45) is 0 Å². The molecule has 0 spiro atoms. The summed E-state index contributed by atoms with van der Waals surface area (Å²) in [6.45, 7) is 3.93. The summed E-state index contributed by atoms with van der Waals surface area (Å²) >= 11 is 7.16. The molecule has 0 aromatic heterocycles. The molecule has 0 saturated heterocycles. The molecule has 0 radical (unpaired) electrons. The number of alkyl halides is 1. The largest absolute Gasteiger partial charge is 0.212 e. The van der Waals surface area contributed by atoms with Crippen molar-refractivity contribution in [3.8, 4) is 0 Å². The van der Waals surface area contributed by atoms with Crippen molar-refractivity contribution in [1.29, 1.82) is 0 Å². The Kier molecular flexibility index (Phi) is 8.10. The second-order valence-corrected chi connectivity index (χ2v) is 6.61. The Balaban J connectivity index is 3.83. The van der Waals surface area contributed by atoms with Crippen LogP contribution < -0.4 is 4.72 Å². The zero-order valence-electron chi connectivity index (χ0n) is 8.62. The average Bonchev–Trinajstić information content (AvgIpc) is 2.11. The lowest BCUT2D eigenvalue weighted by Crippen LogP contribution is -2.36. The van der Waals surface area contributed by atoms with E-state index in [2.05, 4.69) is 11.6 Å². The number of rotatable bonds is 8. The molecule has 0 aliphatic carbocycles. The fraction of sp³-hybridized carbons (Fsp3) is 1.00. The molecule has 0 heterocycles. The van der Waals surface area contributed by atoms with Crippen LogP contribution >= 0.6 is 23.4 Å². The summed E-state index contributed by atoms with van der Waals surface area (Å²) in [6.07, 6.45) is 0.504. The first-order chi connectivity index (χ1) is 6.52. The van der Waals surface area contributed by atoms with Crippen molar-refractivity contribution in [3.05, 3.63) is 0 Å². The van der Waals surface area contributed by atoms with E-state index in [9.17, 15) is 8.42 Å². The molecule has 1 atom stereocenters. The summed E-state index contributed by atoms with van der Waals surface area (Å²) in [5.41, 5.74) is 0. The molecule has 86 valence electrons. The normalized spacial score (nSPS) is 14.2. The highest BCUT2D eigenvalue weighted by Crippen LogP contribution is 2.03. The number of thioether (sulfide) groups is 1. The average molecular weight is 260 g/mol. The highest BCUT2D eigenvalue weighted by molar-refractivity contribution is 7.99. The van der Waals surface area contributed by atoms with Crippen LogP contribution in [0.25, 0.3) is 0 Å². The SMILES string of the molecule is CCSCC(C)NS(=O)(=O)CCCCl. The Hall–Kier alpha value is 0.550. The van der Waals surface area contributed by atoms with Crippen molar-refractivity contribution in [1.82, 2.24) is 4.72 Å². The maximum Gasteiger partial charge on any atom is 0.211 e. The Morgan fingerprint density at radius 3 is 2.64 bits per heavy atom. The summed E-state index contributed by atoms with van der Waals surface area (Å²) in [4.78, 5) is 0. The minimum atomic E-state index is -3.12. The fourth-order valence-corrected chi connectivity index (χ4v) is 3.35. The van der Waals surface area contributed by atoms with E-state index in [-0.39, 0.29) is 11.8 Å². The van der Waals surface area contributed by atoms with Gasteiger partial charge in [0, 0.05) is 17.7 Å². The van der Waals surface area contributed by atoms with Gasteiger partial charge in [-0.05, 0) is 19.1 Å². The molecule has 0 aliphatic rings. The molecule has 6 heteroatoms. The first kappa shape index (κ1) is 14.6. The van der Waals surface area contributed by atoms with Gasteiger partial charge in [-0.15, -0.1) is 11.6 Å². The van der Waals surface area contributed by atoms with Gasteiger partial charge in [-0.2, -0.15) is 11.8 Å². The second-order valence-electron chi connectivity index (χ2n) is 3.04. The molecule has 0 aromatic rings. The predicted molar refractivity (Wildman–Crippen MR) is 64.7 cm³/mol. The van der Waals surface area contributed by atoms with Gasteiger partial charge in [0.25, 0.3) is 0 Å². The van der Waals surface area contributed by atoms with E-state index in [1.165, 1.54) is 0 Å². The lowest BCUT2D eigenvalue weighted by Gasteiger charge is -2.12. The van der Waals surface area contributed by atoms with E-state index in [1.807, 2.05) is 6.92 Å². The molecule has 3 nitrogen and oxygen atoms in total. The Labute approximate surface area is 96.0 Å². The van der Waals surface area contributed by atoms with Crippen LogP contribution in [0.2, 0.25) is 0 Å². The minimum absolute atomic E-state index is 0.000255. The molecule has 1 N–H and O–H groups in total. The van der Waals surface area contributed by atoms with Gasteiger partial charge in [-0.3, -0.25) is 0 Å². The van der Waals surface area contributed by atoms with E-state index >= 15 is 0 Å². The van der Waals surface area contributed by atoms with Crippen molar-refractivity contribution in [3.63, 3.8) is 0 Å². The molecule has 0 bridgehead atoms. The van der Waals surface area contributed by atoms with Gasteiger partial charge < -0.3 is 0 Å². The van der Waals surface area contributed by atoms with Crippen LogP contribution in [0.1, 0.15) is 20.3 Å². The Morgan fingerprint density at radius 2 is 2.14 bits per heavy atom. The molecule has 14 heavy (non-hydrogen) atoms. The first-order valence-electron chi connectivity index (χ1n) is 4.65. The van der Waals surface area contributed by atoms with Crippen molar-refractivity contribution < 1.29 is 8.42 Å². The number of halogens is 1. The lowest BCUT2D eigenvalue weighted by atomic mass is 10.4. The third kappa shape index (κ3) is 7.91. The van der Waals surface area contributed by atoms with Crippen LogP contribution in [0.4, 0.5) is 0 Å². The number of hydrogen-bond acceptors (Lipinski definition) is 3. The summed E-state index contributed by atoms with van der Waals surface area (Å²) in [5, 5.41) is 0. The Bertz CT molecular complexity index is 231. The fourth-order valence-electron chi connectivity index (χ4n) is 0.939. The van der Waals surface area contributed by atoms with Crippen LogP contribution in [-0.2, 0) is 10.0 Å². The van der Waals surface area contributed by atoms with E-state index in [4.69, 9.17) is 11.6 Å². The molecule has 0 saturated carbocycles. The first-order valence-corrected chi connectivity index (χ1v) is 7.99. The van der Waals surface area contributed by atoms with Crippen LogP contribution in [0, 0.1) is 0 Å². The zero-order valence-corrected chi connectivity index (χ0v) is 11.0. The van der Waals surface area contributed by atoms with Gasteiger partial charge >= 0.3 is 0 Å². The molecule has 0 aromatic carbocycles. The maximum atomic E-state index is 11.4. The summed E-state index contributed by atoms with van der Waals surface area (Å²) < 4.78 is 25.4. The monoisotopic (exact) mass is 259 g/mol. The molecule has 0 aliphatic heterocycles. The predicted octanol–water partition coefficient (Wildman–Crippen LogP) is 1.68. The van der Waals surface area contributed by atoms with Crippen molar-refractivity contribution in [2.45, 2.75) is 26.3 Å². The van der Waals surface area contributed by atoms with Crippen LogP contribution in [0.15, 0.2) is 0 Å². The summed E-state index contributed by atoms with van der Waals surface area (Å²) in [5.74, 6) is 2.33. The van der Waals surface area contributed by atoms with E-state index in [0.29, 0.717) is 12.3 Å². The zero-order chi connectivity index (χ0) is 11.0. The van der Waals surface area contributed by atoms with E-state index < -0.39 is 10.0 Å². The second kappa shape index (κ2) is 7.79. The van der Waals surface area contributed by atoms with Gasteiger partial charge in [-0.25, -0.2) is 13.1 Å². The third-order valence-corrected chi connectivity index (χ3v) is 4.50. The Morgan fingerprint density at radius 1 is 1.50 bits per heavy atom. The number of hydrogen-bond donors (Lipinski definition) is 1. The topological polar surface area (TPSA) is 46.2 Å². The van der Waals surface area contributed by atoms with E-state index in [0.717, 1.165) is 11.5 Å². The highest BCUT2D eigenvalue weighted by Gasteiger charge is 2.13. The minimum Gasteiger partial charge on any atom is -0.212 e. The van der Waals surface area contributed by atoms with Gasteiger partial charge in [0.1, 0.15) is 0 Å². The quantitative estimate of drug-likeness (QED) is 0.675. The van der Waals surface area contributed by atoms with Crippen molar-refractivity contribution >= 4 is 33.4 Å². The smallest absolute Gasteiger partial charge is 0.211 e. The van der Waals surface area contributed by atoms with Gasteiger partial charge in [-0.1, -0.05) is 6.92 Å². The molecule has 0 amide bonds. The molecular formula is C8H18ClNO2S2. The van der Waals surface area contributed by atoms with Crippen LogP contribution in [0.5, 0.6) is 0 Å². The molecule has 0 rings (SSSR count). The molecule has 1 unspecified atom stereocenters. The summed E-state index contributed by atoms with van der Waals surface area (Å²) in [6, 6.07) is 0.000255.